The van der Waals surface area contributed by atoms with Crippen molar-refractivity contribution in [2.45, 2.75) is 18.9 Å². The van der Waals surface area contributed by atoms with Crippen LogP contribution >= 0.6 is 0 Å². The van der Waals surface area contributed by atoms with E-state index in [1.165, 1.54) is 11.2 Å². The molecule has 1 atom stereocenters. The number of amides is 2. The summed E-state index contributed by atoms with van der Waals surface area (Å²) in [6.45, 7) is 0.0510. The van der Waals surface area contributed by atoms with Gasteiger partial charge in [0.05, 0.1) is 18.1 Å². The molecule has 1 aliphatic carbocycles. The van der Waals surface area contributed by atoms with Crippen molar-refractivity contribution in [2.75, 3.05) is 11.4 Å². The van der Waals surface area contributed by atoms with Gasteiger partial charge in [-0.2, -0.15) is 0 Å². The van der Waals surface area contributed by atoms with Crippen LogP contribution in [0, 0.1) is 5.92 Å². The molecule has 17 heavy (non-hydrogen) atoms. The SMILES string of the molecule is O=C1CN(c2cncnc2)C(=O)C(C2CC2)N1. The van der Waals surface area contributed by atoms with Crippen LogP contribution in [0.25, 0.3) is 0 Å². The van der Waals surface area contributed by atoms with Gasteiger partial charge in [0.25, 0.3) is 0 Å². The van der Waals surface area contributed by atoms with Crippen LogP contribution in [0.3, 0.4) is 0 Å². The maximum Gasteiger partial charge on any atom is 0.250 e. The zero-order valence-corrected chi connectivity index (χ0v) is 9.17. The van der Waals surface area contributed by atoms with Gasteiger partial charge in [-0.25, -0.2) is 9.97 Å². The summed E-state index contributed by atoms with van der Waals surface area (Å²) >= 11 is 0. The number of carbonyl (C=O) groups excluding carboxylic acids is 2. The van der Waals surface area contributed by atoms with E-state index in [1.54, 1.807) is 12.4 Å². The number of anilines is 1. The van der Waals surface area contributed by atoms with Crippen LogP contribution in [0.5, 0.6) is 0 Å². The molecule has 2 aliphatic rings. The largest absolute Gasteiger partial charge is 0.342 e. The normalized spacial score (nSPS) is 24.7. The van der Waals surface area contributed by atoms with Crippen molar-refractivity contribution < 1.29 is 9.59 Å². The minimum absolute atomic E-state index is 0.0510. The van der Waals surface area contributed by atoms with Crippen molar-refractivity contribution in [3.63, 3.8) is 0 Å². The first kappa shape index (κ1) is 10.2. The van der Waals surface area contributed by atoms with Gasteiger partial charge in [0.1, 0.15) is 18.9 Å². The Morgan fingerprint density at radius 3 is 2.59 bits per heavy atom. The molecule has 1 aromatic heterocycles. The van der Waals surface area contributed by atoms with E-state index in [9.17, 15) is 9.59 Å². The zero-order valence-electron chi connectivity index (χ0n) is 9.17. The Morgan fingerprint density at radius 2 is 1.94 bits per heavy atom. The fourth-order valence-electron chi connectivity index (χ4n) is 2.07. The summed E-state index contributed by atoms with van der Waals surface area (Å²) in [5, 5.41) is 2.76. The van der Waals surface area contributed by atoms with Crippen LogP contribution in [0.1, 0.15) is 12.8 Å². The van der Waals surface area contributed by atoms with Crippen molar-refractivity contribution in [1.82, 2.24) is 15.3 Å². The zero-order chi connectivity index (χ0) is 11.8. The first-order valence-corrected chi connectivity index (χ1v) is 5.61. The van der Waals surface area contributed by atoms with Crippen LogP contribution < -0.4 is 10.2 Å². The Morgan fingerprint density at radius 1 is 1.24 bits per heavy atom. The lowest BCUT2D eigenvalue weighted by Gasteiger charge is -2.32. The maximum absolute atomic E-state index is 12.2. The van der Waals surface area contributed by atoms with Crippen molar-refractivity contribution >= 4 is 17.5 Å². The minimum atomic E-state index is -0.364. The van der Waals surface area contributed by atoms with E-state index < -0.39 is 0 Å². The smallest absolute Gasteiger partial charge is 0.250 e. The van der Waals surface area contributed by atoms with Gasteiger partial charge >= 0.3 is 0 Å². The van der Waals surface area contributed by atoms with E-state index in [1.807, 2.05) is 0 Å². The number of nitrogens with zero attached hydrogens (tertiary/aromatic N) is 3. The Hall–Kier alpha value is -1.98. The summed E-state index contributed by atoms with van der Waals surface area (Å²) in [5.74, 6) is 0.131. The van der Waals surface area contributed by atoms with Gasteiger partial charge in [-0.15, -0.1) is 0 Å². The molecular formula is C11H12N4O2. The minimum Gasteiger partial charge on any atom is -0.342 e. The predicted octanol–water partition coefficient (Wildman–Crippen LogP) is -0.282. The number of nitrogens with one attached hydrogen (secondary N) is 1. The van der Waals surface area contributed by atoms with Gasteiger partial charge in [-0.1, -0.05) is 0 Å². The second-order valence-corrected chi connectivity index (χ2v) is 4.40. The number of aromatic nitrogens is 2. The van der Waals surface area contributed by atoms with Gasteiger partial charge < -0.3 is 5.32 Å². The average Bonchev–Trinajstić information content (AvgIpc) is 3.17. The van der Waals surface area contributed by atoms with E-state index in [-0.39, 0.29) is 24.4 Å². The second-order valence-electron chi connectivity index (χ2n) is 4.40. The lowest BCUT2D eigenvalue weighted by Crippen LogP contribution is -2.59. The maximum atomic E-state index is 12.2. The third-order valence-corrected chi connectivity index (χ3v) is 3.10. The van der Waals surface area contributed by atoms with Crippen molar-refractivity contribution in [3.8, 4) is 0 Å². The molecule has 1 N–H and O–H groups in total. The number of hydrogen-bond acceptors (Lipinski definition) is 4. The molecule has 2 heterocycles. The molecule has 1 saturated carbocycles. The molecule has 2 amide bonds. The second kappa shape index (κ2) is 3.80. The topological polar surface area (TPSA) is 75.2 Å². The number of hydrogen-bond donors (Lipinski definition) is 1. The van der Waals surface area contributed by atoms with Crippen molar-refractivity contribution in [3.05, 3.63) is 18.7 Å². The van der Waals surface area contributed by atoms with Gasteiger partial charge in [0, 0.05) is 0 Å². The summed E-state index contributed by atoms with van der Waals surface area (Å²) in [5.41, 5.74) is 0.581. The van der Waals surface area contributed by atoms with Crippen LogP contribution in [0.2, 0.25) is 0 Å². The summed E-state index contributed by atoms with van der Waals surface area (Å²) < 4.78 is 0. The predicted molar refractivity (Wildman–Crippen MR) is 59.0 cm³/mol. The van der Waals surface area contributed by atoms with Gasteiger partial charge in [0.2, 0.25) is 11.8 Å². The first-order valence-electron chi connectivity index (χ1n) is 5.61. The van der Waals surface area contributed by atoms with E-state index in [4.69, 9.17) is 0 Å². The molecule has 0 bridgehead atoms. The lowest BCUT2D eigenvalue weighted by atomic mass is 10.1. The molecule has 1 aromatic rings. The Labute approximate surface area is 98.0 Å². The number of carbonyl (C=O) groups is 2. The molecule has 0 radical (unpaired) electrons. The molecule has 3 rings (SSSR count). The van der Waals surface area contributed by atoms with Gasteiger partial charge in [-0.05, 0) is 18.8 Å². The van der Waals surface area contributed by atoms with Crippen LogP contribution in [-0.2, 0) is 9.59 Å². The highest BCUT2D eigenvalue weighted by Crippen LogP contribution is 2.34. The van der Waals surface area contributed by atoms with Gasteiger partial charge in [-0.3, -0.25) is 14.5 Å². The summed E-state index contributed by atoms with van der Waals surface area (Å²) in [4.78, 5) is 33.0. The fraction of sp³-hybridized carbons (Fsp3) is 0.455. The standard InChI is InChI=1S/C11H12N4O2/c16-9-5-15(8-3-12-6-13-4-8)11(17)10(14-9)7-1-2-7/h3-4,6-7,10H,1-2,5H2,(H,14,16). The quantitative estimate of drug-likeness (QED) is 0.760. The van der Waals surface area contributed by atoms with Crippen LogP contribution in [0.4, 0.5) is 5.69 Å². The Bertz CT molecular complexity index is 458. The van der Waals surface area contributed by atoms with Crippen molar-refractivity contribution in [1.29, 1.82) is 0 Å². The molecular weight excluding hydrogens is 220 g/mol. The van der Waals surface area contributed by atoms with Crippen LogP contribution in [-0.4, -0.2) is 34.4 Å². The third-order valence-electron chi connectivity index (χ3n) is 3.10. The first-order chi connectivity index (χ1) is 8.25. The van der Waals surface area contributed by atoms with Crippen LogP contribution in [0.15, 0.2) is 18.7 Å². The number of piperazine rings is 1. The molecule has 6 nitrogen and oxygen atoms in total. The highest BCUT2D eigenvalue weighted by atomic mass is 16.2. The molecule has 1 unspecified atom stereocenters. The molecule has 2 fully saturated rings. The average molecular weight is 232 g/mol. The highest BCUT2D eigenvalue weighted by Gasteiger charge is 2.43. The molecule has 1 aliphatic heterocycles. The molecule has 0 aromatic carbocycles. The van der Waals surface area contributed by atoms with E-state index in [0.29, 0.717) is 11.6 Å². The molecule has 1 saturated heterocycles. The number of rotatable bonds is 2. The van der Waals surface area contributed by atoms with E-state index in [2.05, 4.69) is 15.3 Å². The highest BCUT2D eigenvalue weighted by molar-refractivity contribution is 6.06. The summed E-state index contributed by atoms with van der Waals surface area (Å²) in [7, 11) is 0. The molecule has 88 valence electrons. The summed E-state index contributed by atoms with van der Waals surface area (Å²) in [6, 6.07) is -0.364. The monoisotopic (exact) mass is 232 g/mol. The third kappa shape index (κ3) is 1.86. The fourth-order valence-corrected chi connectivity index (χ4v) is 2.07. The van der Waals surface area contributed by atoms with Gasteiger partial charge in [0.15, 0.2) is 0 Å². The lowest BCUT2D eigenvalue weighted by molar-refractivity contribution is -0.131. The Balaban J connectivity index is 1.88. The molecule has 6 heteroatoms. The molecule has 0 spiro atoms. The van der Waals surface area contributed by atoms with E-state index >= 15 is 0 Å². The Kier molecular flexibility index (Phi) is 2.28. The van der Waals surface area contributed by atoms with E-state index in [0.717, 1.165) is 12.8 Å². The van der Waals surface area contributed by atoms with Crippen molar-refractivity contribution in [2.24, 2.45) is 5.92 Å². The summed E-state index contributed by atoms with van der Waals surface area (Å²) in [6.07, 6.45) is 6.52.